The molecule has 0 aliphatic carbocycles. The lowest BCUT2D eigenvalue weighted by atomic mass is 9.96. The van der Waals surface area contributed by atoms with Crippen LogP contribution in [0, 0.1) is 13.8 Å². The van der Waals surface area contributed by atoms with Crippen molar-refractivity contribution in [3.05, 3.63) is 107 Å². The van der Waals surface area contributed by atoms with Gasteiger partial charge in [0.05, 0.1) is 11.7 Å². The monoisotopic (exact) mass is 471 g/mol. The van der Waals surface area contributed by atoms with E-state index in [0.29, 0.717) is 12.4 Å². The van der Waals surface area contributed by atoms with Crippen LogP contribution in [0.25, 0.3) is 32.4 Å². The number of nitrogens with one attached hydrogen (secondary N) is 1. The second-order valence-electron chi connectivity index (χ2n) is 9.65. The highest BCUT2D eigenvalue weighted by Crippen LogP contribution is 2.30. The summed E-state index contributed by atoms with van der Waals surface area (Å²) in [7, 11) is 2.09. The van der Waals surface area contributed by atoms with E-state index >= 15 is 0 Å². The molecule has 6 aromatic rings. The summed E-state index contributed by atoms with van der Waals surface area (Å²) < 4.78 is 2.17. The summed E-state index contributed by atoms with van der Waals surface area (Å²) in [5, 5.41) is 9.51. The number of nitrogen functional groups attached to an aromatic ring is 1. The zero-order valence-corrected chi connectivity index (χ0v) is 20.8. The Kier molecular flexibility index (Phi) is 5.33. The molecule has 0 aliphatic rings. The summed E-state index contributed by atoms with van der Waals surface area (Å²) in [6.45, 7) is 4.98. The quantitative estimate of drug-likeness (QED) is 0.294. The molecule has 0 amide bonds. The normalized spacial score (nSPS) is 11.5. The first-order valence-electron chi connectivity index (χ1n) is 12.3. The Balaban J connectivity index is 1.31. The molecular formula is C31H29N5. The van der Waals surface area contributed by atoms with Gasteiger partial charge in [-0.1, -0.05) is 42.5 Å². The van der Waals surface area contributed by atoms with E-state index in [-0.39, 0.29) is 0 Å². The van der Waals surface area contributed by atoms with Crippen molar-refractivity contribution < 1.29 is 0 Å². The lowest BCUT2D eigenvalue weighted by Crippen LogP contribution is -2.06. The SMILES string of the molecule is Cc1cc2c(N)nccc2c(C)c1CNc1cc2c(Cc3ccc4ccccc4c3)cn(C)c2cn1. The number of rotatable bonds is 5. The van der Waals surface area contributed by atoms with Gasteiger partial charge in [0.25, 0.3) is 0 Å². The minimum atomic E-state index is 0.577. The lowest BCUT2D eigenvalue weighted by Gasteiger charge is -2.15. The number of aryl methyl sites for hydroxylation is 3. The molecule has 0 atom stereocenters. The molecule has 0 unspecified atom stereocenters. The molecule has 3 heterocycles. The summed E-state index contributed by atoms with van der Waals surface area (Å²) in [5.74, 6) is 1.45. The van der Waals surface area contributed by atoms with Gasteiger partial charge in [-0.2, -0.15) is 0 Å². The molecule has 36 heavy (non-hydrogen) atoms. The van der Waals surface area contributed by atoms with Crippen molar-refractivity contribution in [3.63, 3.8) is 0 Å². The van der Waals surface area contributed by atoms with Gasteiger partial charge in [-0.15, -0.1) is 0 Å². The van der Waals surface area contributed by atoms with Crippen molar-refractivity contribution in [2.24, 2.45) is 7.05 Å². The number of hydrogen-bond donors (Lipinski definition) is 2. The Morgan fingerprint density at radius 3 is 2.58 bits per heavy atom. The largest absolute Gasteiger partial charge is 0.383 e. The molecule has 5 heteroatoms. The Bertz CT molecular complexity index is 1760. The van der Waals surface area contributed by atoms with Crippen LogP contribution in [0.3, 0.4) is 0 Å². The zero-order valence-electron chi connectivity index (χ0n) is 20.8. The minimum absolute atomic E-state index is 0.577. The third kappa shape index (κ3) is 3.83. The van der Waals surface area contributed by atoms with Gasteiger partial charge in [0.15, 0.2) is 0 Å². The number of aromatic nitrogens is 3. The van der Waals surface area contributed by atoms with E-state index in [1.165, 1.54) is 44.0 Å². The van der Waals surface area contributed by atoms with Crippen LogP contribution in [0.5, 0.6) is 0 Å². The lowest BCUT2D eigenvalue weighted by molar-refractivity contribution is 0.954. The molecule has 0 fully saturated rings. The van der Waals surface area contributed by atoms with E-state index in [0.717, 1.165) is 28.5 Å². The second kappa shape index (κ2) is 8.68. The van der Waals surface area contributed by atoms with Gasteiger partial charge < -0.3 is 15.6 Å². The van der Waals surface area contributed by atoms with Crippen molar-refractivity contribution in [2.75, 3.05) is 11.1 Å². The van der Waals surface area contributed by atoms with Crippen molar-refractivity contribution in [1.82, 2.24) is 14.5 Å². The zero-order chi connectivity index (χ0) is 24.8. The predicted octanol–water partition coefficient (Wildman–Crippen LogP) is 6.68. The van der Waals surface area contributed by atoms with Crippen LogP contribution in [-0.4, -0.2) is 14.5 Å². The van der Waals surface area contributed by atoms with Crippen LogP contribution in [0.4, 0.5) is 11.6 Å². The molecule has 3 aromatic heterocycles. The highest BCUT2D eigenvalue weighted by atomic mass is 15.0. The summed E-state index contributed by atoms with van der Waals surface area (Å²) in [4.78, 5) is 8.96. The maximum absolute atomic E-state index is 6.12. The van der Waals surface area contributed by atoms with Crippen LogP contribution in [0.1, 0.15) is 27.8 Å². The summed E-state index contributed by atoms with van der Waals surface area (Å²) >= 11 is 0. The Hall–Kier alpha value is -4.38. The van der Waals surface area contributed by atoms with Crippen molar-refractivity contribution in [1.29, 1.82) is 0 Å². The van der Waals surface area contributed by atoms with Crippen LogP contribution in [0.15, 0.2) is 79.3 Å². The maximum atomic E-state index is 6.12. The highest BCUT2D eigenvalue weighted by Gasteiger charge is 2.12. The topological polar surface area (TPSA) is 68.8 Å². The smallest absolute Gasteiger partial charge is 0.131 e. The van der Waals surface area contributed by atoms with Crippen LogP contribution < -0.4 is 11.1 Å². The van der Waals surface area contributed by atoms with Crippen molar-refractivity contribution in [2.45, 2.75) is 26.8 Å². The fraction of sp³-hybridized carbons (Fsp3) is 0.161. The fourth-order valence-corrected chi connectivity index (χ4v) is 5.35. The maximum Gasteiger partial charge on any atom is 0.131 e. The molecule has 3 N–H and O–H groups in total. The van der Waals surface area contributed by atoms with Gasteiger partial charge >= 0.3 is 0 Å². The second-order valence-corrected chi connectivity index (χ2v) is 9.65. The van der Waals surface area contributed by atoms with Crippen molar-refractivity contribution in [3.8, 4) is 0 Å². The average Bonchev–Trinajstić information content (AvgIpc) is 3.19. The molecule has 0 spiro atoms. The average molecular weight is 472 g/mol. The van der Waals surface area contributed by atoms with Crippen LogP contribution in [0.2, 0.25) is 0 Å². The van der Waals surface area contributed by atoms with Crippen LogP contribution in [-0.2, 0) is 20.0 Å². The molecule has 0 bridgehead atoms. The van der Waals surface area contributed by atoms with Gasteiger partial charge in [-0.3, -0.25) is 0 Å². The summed E-state index contributed by atoms with van der Waals surface area (Å²) in [5.41, 5.74) is 13.6. The van der Waals surface area contributed by atoms with E-state index in [1.807, 2.05) is 12.3 Å². The van der Waals surface area contributed by atoms with Gasteiger partial charge in [0.2, 0.25) is 0 Å². The summed E-state index contributed by atoms with van der Waals surface area (Å²) in [6, 6.07) is 21.6. The number of anilines is 2. The molecule has 0 radical (unpaired) electrons. The van der Waals surface area contributed by atoms with Gasteiger partial charge in [0, 0.05) is 36.8 Å². The molecule has 0 aliphatic heterocycles. The number of fused-ring (bicyclic) bond motifs is 3. The Morgan fingerprint density at radius 2 is 1.72 bits per heavy atom. The van der Waals surface area contributed by atoms with Gasteiger partial charge in [-0.25, -0.2) is 9.97 Å². The standard InChI is InChI=1S/C31H29N5/c1-19-12-27-25(10-11-33-31(27)32)20(2)28(19)16-34-30-15-26-24(18-36(3)29(26)17-35-30)14-21-8-9-22-6-4-5-7-23(22)13-21/h4-13,15,17-18H,14,16H2,1-3H3,(H2,32,33)(H,34,35). The molecule has 3 aromatic carbocycles. The first-order valence-corrected chi connectivity index (χ1v) is 12.3. The molecule has 6 rings (SSSR count). The highest BCUT2D eigenvalue weighted by molar-refractivity contribution is 5.94. The van der Waals surface area contributed by atoms with E-state index in [4.69, 9.17) is 10.7 Å². The van der Waals surface area contributed by atoms with Gasteiger partial charge in [0.1, 0.15) is 11.6 Å². The number of nitrogens with two attached hydrogens (primary N) is 1. The summed E-state index contributed by atoms with van der Waals surface area (Å²) in [6.07, 6.45) is 6.85. The molecule has 0 saturated carbocycles. The number of hydrogen-bond acceptors (Lipinski definition) is 4. The predicted molar refractivity (Wildman–Crippen MR) is 150 cm³/mol. The molecule has 5 nitrogen and oxygen atoms in total. The van der Waals surface area contributed by atoms with E-state index < -0.39 is 0 Å². The molecule has 178 valence electrons. The Labute approximate surface area is 210 Å². The molecule has 0 saturated heterocycles. The van der Waals surface area contributed by atoms with E-state index in [2.05, 4.69) is 96.6 Å². The van der Waals surface area contributed by atoms with Crippen LogP contribution >= 0.6 is 0 Å². The van der Waals surface area contributed by atoms with Gasteiger partial charge in [-0.05, 0) is 82.4 Å². The number of nitrogens with zero attached hydrogens (tertiary/aromatic N) is 3. The minimum Gasteiger partial charge on any atom is -0.383 e. The third-order valence-corrected chi connectivity index (χ3v) is 7.33. The van der Waals surface area contributed by atoms with E-state index in [1.54, 1.807) is 6.20 Å². The van der Waals surface area contributed by atoms with Crippen molar-refractivity contribution >= 4 is 44.1 Å². The fourth-order valence-electron chi connectivity index (χ4n) is 5.35. The van der Waals surface area contributed by atoms with E-state index in [9.17, 15) is 0 Å². The Morgan fingerprint density at radius 1 is 0.889 bits per heavy atom. The number of benzene rings is 3. The first-order chi connectivity index (χ1) is 17.5. The molecular weight excluding hydrogens is 442 g/mol. The third-order valence-electron chi connectivity index (χ3n) is 7.33. The number of pyridine rings is 2. The first kappa shape index (κ1) is 22.1.